The summed E-state index contributed by atoms with van der Waals surface area (Å²) in [6.07, 6.45) is -1.31. The normalized spacial score (nSPS) is 13.6. The Labute approximate surface area is 253 Å². The number of benzene rings is 2. The van der Waals surface area contributed by atoms with Crippen molar-refractivity contribution < 1.29 is 33.4 Å². The lowest BCUT2D eigenvalue weighted by molar-refractivity contribution is -0.159. The Morgan fingerprint density at radius 1 is 0.814 bits per heavy atom. The Morgan fingerprint density at radius 2 is 1.37 bits per heavy atom. The summed E-state index contributed by atoms with van der Waals surface area (Å²) in [5.41, 5.74) is 5.69. The summed E-state index contributed by atoms with van der Waals surface area (Å²) in [7, 11) is 1.38. The van der Waals surface area contributed by atoms with E-state index in [0.717, 1.165) is 10.5 Å². The lowest BCUT2D eigenvalue weighted by Crippen LogP contribution is -2.54. The number of carbonyl (C=O) groups is 5. The van der Waals surface area contributed by atoms with Gasteiger partial charge >= 0.3 is 12.1 Å². The number of esters is 1. The number of rotatable bonds is 11. The quantitative estimate of drug-likeness (QED) is 0.336. The van der Waals surface area contributed by atoms with Crippen LogP contribution in [0.5, 0.6) is 0 Å². The van der Waals surface area contributed by atoms with Gasteiger partial charge in [-0.2, -0.15) is 0 Å². The minimum atomic E-state index is -1.41. The molecule has 3 unspecified atom stereocenters. The molecule has 0 aromatic heterocycles. The van der Waals surface area contributed by atoms with Crippen LogP contribution in [0.3, 0.4) is 0 Å². The van der Waals surface area contributed by atoms with Crippen LogP contribution in [-0.4, -0.2) is 65.0 Å². The van der Waals surface area contributed by atoms with Crippen LogP contribution in [0.1, 0.15) is 70.7 Å². The summed E-state index contributed by atoms with van der Waals surface area (Å²) >= 11 is 0. The highest BCUT2D eigenvalue weighted by Crippen LogP contribution is 2.25. The molecule has 0 fully saturated rings. The summed E-state index contributed by atoms with van der Waals surface area (Å²) in [5.74, 6) is -2.90. The molecule has 11 nitrogen and oxygen atoms in total. The van der Waals surface area contributed by atoms with Crippen LogP contribution in [0.2, 0.25) is 0 Å². The van der Waals surface area contributed by atoms with Gasteiger partial charge in [-0.3, -0.25) is 14.4 Å². The van der Waals surface area contributed by atoms with E-state index in [-0.39, 0.29) is 6.42 Å². The predicted molar refractivity (Wildman–Crippen MR) is 162 cm³/mol. The summed E-state index contributed by atoms with van der Waals surface area (Å²) in [6, 6.07) is 12.4. The first-order chi connectivity index (χ1) is 19.9. The first-order valence-corrected chi connectivity index (χ1v) is 14.0. The number of nitrogens with two attached hydrogens (primary N) is 1. The molecular formula is C32H44N4O7. The second-order valence-electron chi connectivity index (χ2n) is 12.4. The van der Waals surface area contributed by atoms with Crippen LogP contribution in [-0.2, 0) is 35.1 Å². The average Bonchev–Trinajstić information content (AvgIpc) is 2.87. The van der Waals surface area contributed by atoms with E-state index < -0.39 is 65.5 Å². The van der Waals surface area contributed by atoms with Crippen LogP contribution in [0.4, 0.5) is 4.79 Å². The fourth-order valence-electron chi connectivity index (χ4n) is 4.31. The van der Waals surface area contributed by atoms with Crippen LogP contribution in [0, 0.1) is 6.92 Å². The Bertz CT molecular complexity index is 1300. The molecule has 0 radical (unpaired) electrons. The number of aryl methyl sites for hydroxylation is 1. The van der Waals surface area contributed by atoms with Crippen molar-refractivity contribution >= 4 is 29.8 Å². The number of primary amides is 1. The van der Waals surface area contributed by atoms with Gasteiger partial charge in [-0.05, 0) is 65.2 Å². The van der Waals surface area contributed by atoms with E-state index in [9.17, 15) is 24.0 Å². The summed E-state index contributed by atoms with van der Waals surface area (Å²) in [6.45, 7) is 11.9. The highest BCUT2D eigenvalue weighted by atomic mass is 16.6. The van der Waals surface area contributed by atoms with Crippen molar-refractivity contribution in [1.29, 1.82) is 0 Å². The van der Waals surface area contributed by atoms with Crippen molar-refractivity contribution in [3.05, 3.63) is 71.3 Å². The first-order valence-electron chi connectivity index (χ1n) is 14.0. The van der Waals surface area contributed by atoms with Crippen LogP contribution in [0.15, 0.2) is 54.6 Å². The molecule has 0 bridgehead atoms. The van der Waals surface area contributed by atoms with Crippen LogP contribution < -0.4 is 16.4 Å². The molecule has 4 N–H and O–H groups in total. The Balaban J connectivity index is 2.48. The number of nitrogens with one attached hydrogen (secondary N) is 2. The van der Waals surface area contributed by atoms with Crippen molar-refractivity contribution in [3.63, 3.8) is 0 Å². The number of nitrogens with zero attached hydrogens (tertiary/aromatic N) is 1. The molecule has 0 saturated carbocycles. The van der Waals surface area contributed by atoms with Gasteiger partial charge in [-0.15, -0.1) is 0 Å². The van der Waals surface area contributed by atoms with Crippen LogP contribution >= 0.6 is 0 Å². The zero-order chi connectivity index (χ0) is 32.5. The lowest BCUT2D eigenvalue weighted by atomic mass is 9.97. The third kappa shape index (κ3) is 11.4. The smallest absolute Gasteiger partial charge is 0.408 e. The summed E-state index contributed by atoms with van der Waals surface area (Å²) in [4.78, 5) is 66.6. The van der Waals surface area contributed by atoms with Gasteiger partial charge in [0.25, 0.3) is 0 Å². The second kappa shape index (κ2) is 14.7. The maximum absolute atomic E-state index is 14.1. The molecule has 2 aromatic rings. The Hall–Kier alpha value is -4.41. The maximum atomic E-state index is 14.1. The molecule has 2 aromatic carbocycles. The number of amides is 4. The van der Waals surface area contributed by atoms with E-state index in [1.54, 1.807) is 72.7 Å². The molecule has 234 valence electrons. The lowest BCUT2D eigenvalue weighted by Gasteiger charge is -2.33. The second-order valence-corrected chi connectivity index (χ2v) is 12.4. The van der Waals surface area contributed by atoms with Crippen molar-refractivity contribution in [2.45, 2.75) is 90.6 Å². The average molecular weight is 597 g/mol. The van der Waals surface area contributed by atoms with Crippen molar-refractivity contribution in [1.82, 2.24) is 15.5 Å². The minimum absolute atomic E-state index is 0.143. The van der Waals surface area contributed by atoms with Gasteiger partial charge in [-0.25, -0.2) is 9.59 Å². The van der Waals surface area contributed by atoms with Crippen molar-refractivity contribution in [2.24, 2.45) is 5.73 Å². The number of hydrogen-bond donors (Lipinski definition) is 3. The number of carbonyl (C=O) groups excluding carboxylic acids is 5. The van der Waals surface area contributed by atoms with E-state index in [0.29, 0.717) is 11.1 Å². The number of likely N-dealkylation sites (N-methyl/N-ethyl adjacent to an activating group) is 1. The molecule has 3 atom stereocenters. The topological polar surface area (TPSA) is 157 Å². The van der Waals surface area contributed by atoms with Gasteiger partial charge in [-0.1, -0.05) is 54.6 Å². The van der Waals surface area contributed by atoms with Gasteiger partial charge in [0, 0.05) is 13.5 Å². The highest BCUT2D eigenvalue weighted by Gasteiger charge is 2.37. The number of alkyl carbamates (subject to hydrolysis) is 1. The molecule has 0 aliphatic rings. The van der Waals surface area contributed by atoms with Gasteiger partial charge in [0.15, 0.2) is 0 Å². The molecule has 0 spiro atoms. The van der Waals surface area contributed by atoms with Gasteiger partial charge in [0.2, 0.25) is 17.7 Å². The Kier molecular flexibility index (Phi) is 11.9. The molecule has 0 aliphatic carbocycles. The highest BCUT2D eigenvalue weighted by molar-refractivity contribution is 5.95. The third-order valence-corrected chi connectivity index (χ3v) is 6.15. The third-order valence-electron chi connectivity index (χ3n) is 6.15. The standard InChI is InChI=1S/C32H44N4O7/c1-20-14-12-13-17-22(20)26(36(8)28(39)23(19-25(33)37)35-30(41)43-32(5,6)7)27(38)34-24(29(40)42-31(2,3)4)18-21-15-10-9-11-16-21/h9-17,23-24,26H,18-19H2,1-8H3,(H2,33,37)(H,34,38)(H,35,41). The van der Waals surface area contributed by atoms with E-state index in [1.807, 2.05) is 30.3 Å². The van der Waals surface area contributed by atoms with E-state index in [1.165, 1.54) is 7.05 Å². The van der Waals surface area contributed by atoms with Crippen LogP contribution in [0.25, 0.3) is 0 Å². The Morgan fingerprint density at radius 3 is 1.91 bits per heavy atom. The SMILES string of the molecule is Cc1ccccc1C(C(=O)NC(Cc1ccccc1)C(=O)OC(C)(C)C)N(C)C(=O)C(CC(N)=O)NC(=O)OC(C)(C)C. The fourth-order valence-corrected chi connectivity index (χ4v) is 4.31. The molecule has 43 heavy (non-hydrogen) atoms. The molecule has 0 aliphatic heterocycles. The minimum Gasteiger partial charge on any atom is -0.458 e. The molecule has 4 amide bonds. The molecular weight excluding hydrogens is 552 g/mol. The number of ether oxygens (including phenoxy) is 2. The number of hydrogen-bond acceptors (Lipinski definition) is 7. The van der Waals surface area contributed by atoms with E-state index in [2.05, 4.69) is 10.6 Å². The zero-order valence-corrected chi connectivity index (χ0v) is 26.2. The molecule has 2 rings (SSSR count). The molecule has 0 saturated heterocycles. The zero-order valence-electron chi connectivity index (χ0n) is 26.2. The fraction of sp³-hybridized carbons (Fsp3) is 0.469. The van der Waals surface area contributed by atoms with Gasteiger partial charge < -0.3 is 30.7 Å². The van der Waals surface area contributed by atoms with E-state index in [4.69, 9.17) is 15.2 Å². The molecule has 0 heterocycles. The largest absolute Gasteiger partial charge is 0.458 e. The first kappa shape index (κ1) is 34.8. The predicted octanol–water partition coefficient (Wildman–Crippen LogP) is 3.33. The summed E-state index contributed by atoms with van der Waals surface area (Å²) < 4.78 is 10.9. The summed E-state index contributed by atoms with van der Waals surface area (Å²) in [5, 5.41) is 5.19. The van der Waals surface area contributed by atoms with Crippen molar-refractivity contribution in [3.8, 4) is 0 Å². The van der Waals surface area contributed by atoms with Gasteiger partial charge in [0.05, 0.1) is 6.42 Å². The van der Waals surface area contributed by atoms with Crippen molar-refractivity contribution in [2.75, 3.05) is 7.05 Å². The molecule has 11 heteroatoms. The monoisotopic (exact) mass is 596 g/mol. The van der Waals surface area contributed by atoms with Gasteiger partial charge in [0.1, 0.15) is 29.3 Å². The van der Waals surface area contributed by atoms with E-state index >= 15 is 0 Å². The maximum Gasteiger partial charge on any atom is 0.408 e.